The molecule has 1 amide bonds. The van der Waals surface area contributed by atoms with Gasteiger partial charge in [-0.1, -0.05) is 23.7 Å². The average molecular weight is 388 g/mol. The molecule has 6 nitrogen and oxygen atoms in total. The SMILES string of the molecule is COc1ccc(/C(O)=C2\C(=O)C(=O)N(CCO)[C@@H]2c2ccc(Cl)cc2)cc1. The number of β-amino-alcohol motifs (C(OH)–C–C–N with tert-alkyl or cyclic N) is 1. The number of methoxy groups -OCH3 is 1. The van der Waals surface area contributed by atoms with Crippen molar-refractivity contribution in [1.82, 2.24) is 4.90 Å². The number of aliphatic hydroxyl groups excluding tert-OH is 2. The molecule has 0 aromatic heterocycles. The van der Waals surface area contributed by atoms with Crippen LogP contribution in [0, 0.1) is 0 Å². The quantitative estimate of drug-likeness (QED) is 0.468. The zero-order valence-corrected chi connectivity index (χ0v) is 15.3. The maximum atomic E-state index is 12.6. The van der Waals surface area contributed by atoms with E-state index in [4.69, 9.17) is 16.3 Å². The lowest BCUT2D eigenvalue weighted by atomic mass is 9.95. The van der Waals surface area contributed by atoms with Crippen molar-refractivity contribution in [3.8, 4) is 5.75 Å². The molecule has 2 N–H and O–H groups in total. The molecule has 0 bridgehead atoms. The summed E-state index contributed by atoms with van der Waals surface area (Å²) in [5.74, 6) is -1.24. The zero-order chi connectivity index (χ0) is 19.6. The van der Waals surface area contributed by atoms with Gasteiger partial charge in [0, 0.05) is 17.1 Å². The van der Waals surface area contributed by atoms with Gasteiger partial charge >= 0.3 is 0 Å². The smallest absolute Gasteiger partial charge is 0.295 e. The number of ether oxygens (including phenoxy) is 1. The summed E-state index contributed by atoms with van der Waals surface area (Å²) in [4.78, 5) is 26.4. The molecule has 1 aliphatic rings. The summed E-state index contributed by atoms with van der Waals surface area (Å²) >= 11 is 5.94. The first kappa shape index (κ1) is 18.9. The number of rotatable bonds is 5. The van der Waals surface area contributed by atoms with Crippen molar-refractivity contribution < 1.29 is 24.5 Å². The highest BCUT2D eigenvalue weighted by Gasteiger charge is 2.45. The molecule has 0 spiro atoms. The molecule has 7 heteroatoms. The van der Waals surface area contributed by atoms with E-state index in [2.05, 4.69) is 0 Å². The van der Waals surface area contributed by atoms with Crippen molar-refractivity contribution >= 4 is 29.1 Å². The Balaban J connectivity index is 2.14. The van der Waals surface area contributed by atoms with E-state index < -0.39 is 17.7 Å². The van der Waals surface area contributed by atoms with Crippen LogP contribution in [0.3, 0.4) is 0 Å². The molecule has 1 saturated heterocycles. The predicted octanol–water partition coefficient (Wildman–Crippen LogP) is 2.76. The van der Waals surface area contributed by atoms with E-state index in [1.54, 1.807) is 48.5 Å². The van der Waals surface area contributed by atoms with Crippen molar-refractivity contribution in [1.29, 1.82) is 0 Å². The van der Waals surface area contributed by atoms with E-state index in [-0.39, 0.29) is 24.5 Å². The van der Waals surface area contributed by atoms with Gasteiger partial charge in [0.05, 0.1) is 25.3 Å². The number of aliphatic hydroxyl groups is 2. The minimum atomic E-state index is -0.809. The van der Waals surface area contributed by atoms with Gasteiger partial charge in [0.2, 0.25) is 0 Å². The Morgan fingerprint density at radius 2 is 1.74 bits per heavy atom. The largest absolute Gasteiger partial charge is 0.507 e. The standard InChI is InChI=1S/C20H18ClNO5/c1-27-15-8-4-13(5-9-15)18(24)16-17(12-2-6-14(21)7-3-12)22(10-11-23)20(26)19(16)25/h2-9,17,23-24H,10-11H2,1H3/b18-16+/t17-/m1/s1. The third kappa shape index (κ3) is 3.54. The minimum absolute atomic E-state index is 0.0269. The summed E-state index contributed by atoms with van der Waals surface area (Å²) in [7, 11) is 1.52. The summed E-state index contributed by atoms with van der Waals surface area (Å²) in [5, 5.41) is 20.6. The molecule has 2 aromatic rings. The highest BCUT2D eigenvalue weighted by atomic mass is 35.5. The van der Waals surface area contributed by atoms with Gasteiger partial charge in [0.25, 0.3) is 11.7 Å². The molecule has 0 radical (unpaired) electrons. The molecule has 2 aromatic carbocycles. The fourth-order valence-corrected chi connectivity index (χ4v) is 3.24. The maximum Gasteiger partial charge on any atom is 0.295 e. The van der Waals surface area contributed by atoms with Crippen LogP contribution in [0.1, 0.15) is 17.2 Å². The molecule has 1 atom stereocenters. The number of halogens is 1. The number of ketones is 1. The lowest BCUT2D eigenvalue weighted by Crippen LogP contribution is -2.32. The van der Waals surface area contributed by atoms with Crippen molar-refractivity contribution in [2.75, 3.05) is 20.3 Å². The fraction of sp³-hybridized carbons (Fsp3) is 0.200. The van der Waals surface area contributed by atoms with E-state index in [9.17, 15) is 19.8 Å². The fourth-order valence-electron chi connectivity index (χ4n) is 3.11. The van der Waals surface area contributed by atoms with Gasteiger partial charge in [-0.25, -0.2) is 0 Å². The average Bonchev–Trinajstić information content (AvgIpc) is 2.93. The highest BCUT2D eigenvalue weighted by Crippen LogP contribution is 2.39. The first-order chi connectivity index (χ1) is 13.0. The first-order valence-electron chi connectivity index (χ1n) is 8.27. The van der Waals surface area contributed by atoms with Crippen LogP contribution in [-0.2, 0) is 9.59 Å². The van der Waals surface area contributed by atoms with Crippen LogP contribution in [-0.4, -0.2) is 47.1 Å². The van der Waals surface area contributed by atoms with Gasteiger partial charge in [0.15, 0.2) is 0 Å². The van der Waals surface area contributed by atoms with E-state index in [0.29, 0.717) is 21.9 Å². The molecule has 0 saturated carbocycles. The Hall–Kier alpha value is -2.83. The molecular weight excluding hydrogens is 370 g/mol. The van der Waals surface area contributed by atoms with E-state index >= 15 is 0 Å². The summed E-state index contributed by atoms with van der Waals surface area (Å²) < 4.78 is 5.10. The van der Waals surface area contributed by atoms with E-state index in [1.165, 1.54) is 12.0 Å². The molecule has 1 fully saturated rings. The van der Waals surface area contributed by atoms with Crippen LogP contribution in [0.4, 0.5) is 0 Å². The van der Waals surface area contributed by atoms with Gasteiger partial charge in [-0.05, 0) is 42.0 Å². The summed E-state index contributed by atoms with van der Waals surface area (Å²) in [6.07, 6.45) is 0. The van der Waals surface area contributed by atoms with Crippen molar-refractivity contribution in [2.45, 2.75) is 6.04 Å². The number of likely N-dealkylation sites (tertiary alicyclic amines) is 1. The van der Waals surface area contributed by atoms with Gasteiger partial charge < -0.3 is 19.8 Å². The molecular formula is C20H18ClNO5. The Bertz CT molecular complexity index is 890. The number of hydrogen-bond acceptors (Lipinski definition) is 5. The number of carbonyl (C=O) groups is 2. The van der Waals surface area contributed by atoms with Crippen LogP contribution in [0.15, 0.2) is 54.1 Å². The minimum Gasteiger partial charge on any atom is -0.507 e. The molecule has 27 heavy (non-hydrogen) atoms. The van der Waals surface area contributed by atoms with Crippen LogP contribution in [0.2, 0.25) is 5.02 Å². The monoisotopic (exact) mass is 387 g/mol. The van der Waals surface area contributed by atoms with Crippen LogP contribution >= 0.6 is 11.6 Å². The lowest BCUT2D eigenvalue weighted by molar-refractivity contribution is -0.140. The third-order valence-electron chi connectivity index (χ3n) is 4.43. The molecule has 3 rings (SSSR count). The van der Waals surface area contributed by atoms with Crippen molar-refractivity contribution in [3.63, 3.8) is 0 Å². The molecule has 1 aliphatic heterocycles. The predicted molar refractivity (Wildman–Crippen MR) is 101 cm³/mol. The highest BCUT2D eigenvalue weighted by molar-refractivity contribution is 6.46. The number of hydrogen-bond donors (Lipinski definition) is 2. The van der Waals surface area contributed by atoms with Gasteiger partial charge in [-0.3, -0.25) is 9.59 Å². The van der Waals surface area contributed by atoms with E-state index in [1.807, 2.05) is 0 Å². The Morgan fingerprint density at radius 3 is 2.30 bits per heavy atom. The second-order valence-electron chi connectivity index (χ2n) is 6.00. The number of benzene rings is 2. The number of nitrogens with zero attached hydrogens (tertiary/aromatic N) is 1. The van der Waals surface area contributed by atoms with E-state index in [0.717, 1.165) is 0 Å². The third-order valence-corrected chi connectivity index (χ3v) is 4.68. The molecule has 0 unspecified atom stereocenters. The number of amides is 1. The number of carbonyl (C=O) groups excluding carboxylic acids is 2. The summed E-state index contributed by atoms with van der Waals surface area (Å²) in [6.45, 7) is -0.336. The van der Waals surface area contributed by atoms with Crippen LogP contribution < -0.4 is 4.74 Å². The normalized spacial score (nSPS) is 18.8. The Morgan fingerprint density at radius 1 is 1.11 bits per heavy atom. The summed E-state index contributed by atoms with van der Waals surface area (Å²) in [6, 6.07) is 12.4. The Kier molecular flexibility index (Phi) is 5.48. The topological polar surface area (TPSA) is 87.1 Å². The van der Waals surface area contributed by atoms with Crippen LogP contribution in [0.25, 0.3) is 5.76 Å². The first-order valence-corrected chi connectivity index (χ1v) is 8.65. The van der Waals surface area contributed by atoms with Crippen molar-refractivity contribution in [3.05, 3.63) is 70.3 Å². The molecule has 1 heterocycles. The van der Waals surface area contributed by atoms with Gasteiger partial charge in [-0.2, -0.15) is 0 Å². The number of Topliss-reactive ketones (excluding diaryl/α,β-unsaturated/α-hetero) is 1. The lowest BCUT2D eigenvalue weighted by Gasteiger charge is -2.24. The molecule has 140 valence electrons. The second-order valence-corrected chi connectivity index (χ2v) is 6.43. The Labute approximate surface area is 161 Å². The van der Waals surface area contributed by atoms with Crippen LogP contribution in [0.5, 0.6) is 5.75 Å². The second kappa shape index (κ2) is 7.82. The maximum absolute atomic E-state index is 12.6. The van der Waals surface area contributed by atoms with Gasteiger partial charge in [-0.15, -0.1) is 0 Å². The van der Waals surface area contributed by atoms with Gasteiger partial charge in [0.1, 0.15) is 11.5 Å². The zero-order valence-electron chi connectivity index (χ0n) is 14.6. The summed E-state index contributed by atoms with van der Waals surface area (Å²) in [5.41, 5.74) is 0.972. The van der Waals surface area contributed by atoms with Crippen molar-refractivity contribution in [2.24, 2.45) is 0 Å². The molecule has 0 aliphatic carbocycles.